The van der Waals surface area contributed by atoms with Crippen LogP contribution in [-0.4, -0.2) is 22.9 Å². The largest absolute Gasteiger partial charge is 0.410 e. The summed E-state index contributed by atoms with van der Waals surface area (Å²) >= 11 is 0. The molecule has 0 radical (unpaired) electrons. The Kier molecular flexibility index (Phi) is 11.9. The highest BCUT2D eigenvalue weighted by molar-refractivity contribution is 6.74. The van der Waals surface area contributed by atoms with Crippen molar-refractivity contribution in [3.8, 4) is 22.3 Å². The van der Waals surface area contributed by atoms with E-state index in [1.54, 1.807) is 0 Å². The summed E-state index contributed by atoms with van der Waals surface area (Å²) in [6.45, 7) is 27.2. The molecule has 0 saturated carbocycles. The van der Waals surface area contributed by atoms with Gasteiger partial charge in [-0.3, -0.25) is 4.79 Å². The van der Waals surface area contributed by atoms with Gasteiger partial charge in [0.05, 0.1) is 12.2 Å². The van der Waals surface area contributed by atoms with Gasteiger partial charge in [-0.2, -0.15) is 0 Å². The highest BCUT2D eigenvalue weighted by Crippen LogP contribution is 2.42. The molecule has 0 N–H and O–H groups in total. The summed E-state index contributed by atoms with van der Waals surface area (Å²) in [5, 5.41) is 0.336. The third-order valence-corrected chi connectivity index (χ3v) is 20.6. The summed E-state index contributed by atoms with van der Waals surface area (Å²) in [5.74, 6) is 0. The molecule has 0 saturated heterocycles. The second kappa shape index (κ2) is 15.7. The molecule has 0 bridgehead atoms. The molecule has 0 amide bonds. The molecular formula is C47H59NO3Si2. The van der Waals surface area contributed by atoms with Gasteiger partial charge in [0, 0.05) is 22.6 Å². The van der Waals surface area contributed by atoms with Gasteiger partial charge in [0.1, 0.15) is 6.29 Å². The molecule has 0 aliphatic carbocycles. The normalized spacial score (nSPS) is 13.7. The molecule has 2 unspecified atom stereocenters. The molecule has 0 aliphatic heterocycles. The third kappa shape index (κ3) is 9.36. The highest BCUT2D eigenvalue weighted by Gasteiger charge is 2.39. The maximum Gasteiger partial charge on any atom is 0.192 e. The fourth-order valence-corrected chi connectivity index (χ4v) is 8.77. The molecular weight excluding hydrogens is 683 g/mol. The van der Waals surface area contributed by atoms with E-state index in [9.17, 15) is 4.79 Å². The minimum atomic E-state index is -1.87. The topological polar surface area (TPSA) is 38.8 Å². The fraction of sp³-hybridized carbons (Fsp3) is 0.340. The number of hydrogen-bond donors (Lipinski definition) is 0. The number of rotatable bonds is 12. The van der Waals surface area contributed by atoms with Gasteiger partial charge in [-0.05, 0) is 132 Å². The number of benzene rings is 5. The third-order valence-electron chi connectivity index (χ3n) is 11.5. The van der Waals surface area contributed by atoms with E-state index in [-0.39, 0.29) is 22.3 Å². The maximum atomic E-state index is 11.5. The summed E-state index contributed by atoms with van der Waals surface area (Å²) in [6, 6.07) is 42.7. The van der Waals surface area contributed by atoms with Gasteiger partial charge in [-0.25, -0.2) is 0 Å². The Labute approximate surface area is 321 Å². The highest BCUT2D eigenvalue weighted by atomic mass is 28.4. The van der Waals surface area contributed by atoms with Crippen LogP contribution >= 0.6 is 0 Å². The van der Waals surface area contributed by atoms with Crippen LogP contribution in [0.3, 0.4) is 0 Å². The van der Waals surface area contributed by atoms with E-state index in [0.29, 0.717) is 5.56 Å². The summed E-state index contributed by atoms with van der Waals surface area (Å²) in [4.78, 5) is 13.7. The number of anilines is 3. The summed E-state index contributed by atoms with van der Waals surface area (Å²) < 4.78 is 13.3. The second-order valence-corrected chi connectivity index (χ2v) is 26.9. The zero-order chi connectivity index (χ0) is 38.8. The van der Waals surface area contributed by atoms with E-state index in [2.05, 4.69) is 184 Å². The lowest BCUT2D eigenvalue weighted by Crippen LogP contribution is -2.41. The van der Waals surface area contributed by atoms with Gasteiger partial charge >= 0.3 is 0 Å². The van der Waals surface area contributed by atoms with Crippen molar-refractivity contribution in [2.75, 3.05) is 4.90 Å². The number of hydrogen-bond acceptors (Lipinski definition) is 4. The number of carbonyl (C=O) groups is 1. The monoisotopic (exact) mass is 741 g/mol. The molecule has 4 nitrogen and oxygen atoms in total. The van der Waals surface area contributed by atoms with Gasteiger partial charge in [-0.1, -0.05) is 114 Å². The first-order valence-corrected chi connectivity index (χ1v) is 24.7. The van der Waals surface area contributed by atoms with Crippen molar-refractivity contribution in [3.05, 3.63) is 138 Å². The van der Waals surface area contributed by atoms with Crippen LogP contribution in [0.5, 0.6) is 0 Å². The molecule has 0 fully saturated rings. The van der Waals surface area contributed by atoms with Crippen LogP contribution in [0.4, 0.5) is 17.1 Å². The zero-order valence-corrected chi connectivity index (χ0v) is 36.0. The Morgan fingerprint density at radius 1 is 0.472 bits per heavy atom. The Balaban J connectivity index is 1.37. The van der Waals surface area contributed by atoms with Crippen molar-refractivity contribution in [2.45, 2.75) is 104 Å². The molecule has 5 rings (SSSR count). The SMILES string of the molecule is CC(O[Si](C)(C)C(C)(C)C)c1ccc(-c2ccc(N(c3ccc(C=O)cc3)c3ccc(-c4ccc(C(C)O[Si](C)(C)C(C)(C)C)cc4)cc3)cc2)cc1. The Morgan fingerprint density at radius 2 is 0.736 bits per heavy atom. The van der Waals surface area contributed by atoms with E-state index in [0.717, 1.165) is 45.6 Å². The van der Waals surface area contributed by atoms with Crippen LogP contribution < -0.4 is 4.90 Å². The Morgan fingerprint density at radius 3 is 1.00 bits per heavy atom. The number of nitrogens with zero attached hydrogens (tertiary/aromatic N) is 1. The number of carbonyl (C=O) groups excluding carboxylic acids is 1. The average Bonchev–Trinajstić information content (AvgIpc) is 3.11. The zero-order valence-electron chi connectivity index (χ0n) is 34.0. The van der Waals surface area contributed by atoms with Crippen LogP contribution in [0.2, 0.25) is 36.3 Å². The first-order valence-electron chi connectivity index (χ1n) is 18.9. The lowest BCUT2D eigenvalue weighted by atomic mass is 10.0. The quantitative estimate of drug-likeness (QED) is 0.0943. The van der Waals surface area contributed by atoms with Crippen molar-refractivity contribution in [1.82, 2.24) is 0 Å². The van der Waals surface area contributed by atoms with Gasteiger partial charge in [-0.15, -0.1) is 0 Å². The minimum absolute atomic E-state index is 0.0490. The first-order chi connectivity index (χ1) is 24.8. The van der Waals surface area contributed by atoms with Crippen LogP contribution in [0.15, 0.2) is 121 Å². The van der Waals surface area contributed by atoms with Crippen molar-refractivity contribution in [1.29, 1.82) is 0 Å². The van der Waals surface area contributed by atoms with E-state index in [4.69, 9.17) is 8.85 Å². The van der Waals surface area contributed by atoms with Crippen molar-refractivity contribution >= 4 is 40.0 Å². The molecule has 6 heteroatoms. The Hall–Kier alpha value is -4.08. The smallest absolute Gasteiger partial charge is 0.192 e. The second-order valence-electron chi connectivity index (χ2n) is 17.4. The van der Waals surface area contributed by atoms with E-state index < -0.39 is 16.6 Å². The van der Waals surface area contributed by atoms with Crippen molar-refractivity contribution < 1.29 is 13.6 Å². The molecule has 0 spiro atoms. The lowest BCUT2D eigenvalue weighted by molar-refractivity contribution is 0.112. The molecule has 5 aromatic rings. The Bertz CT molecular complexity index is 1830. The maximum absolute atomic E-state index is 11.5. The standard InChI is InChI=1S/C47H59NO3Si2/c1-34(50-52(9,10)46(3,4)5)37-15-19-39(20-16-37)41-23-29-44(30-24-41)48(43-27-13-36(33-49)14-28-43)45-31-25-42(26-32-45)40-21-17-38(18-22-40)35(2)51-53(11,12)47(6,7)8/h13-35H,1-12H3. The lowest BCUT2D eigenvalue weighted by Gasteiger charge is -2.38. The van der Waals surface area contributed by atoms with Gasteiger partial charge in [0.25, 0.3) is 0 Å². The molecule has 0 aromatic heterocycles. The first kappa shape index (κ1) is 40.1. The molecule has 5 aromatic carbocycles. The van der Waals surface area contributed by atoms with Crippen molar-refractivity contribution in [3.63, 3.8) is 0 Å². The van der Waals surface area contributed by atoms with E-state index >= 15 is 0 Å². The van der Waals surface area contributed by atoms with Crippen LogP contribution in [-0.2, 0) is 8.85 Å². The molecule has 0 aliphatic rings. The molecule has 278 valence electrons. The van der Waals surface area contributed by atoms with Gasteiger partial charge < -0.3 is 13.8 Å². The summed E-state index contributed by atoms with van der Waals surface area (Å²) in [7, 11) is -3.74. The number of aldehydes is 1. The van der Waals surface area contributed by atoms with Crippen molar-refractivity contribution in [2.24, 2.45) is 0 Å². The van der Waals surface area contributed by atoms with Crippen LogP contribution in [0, 0.1) is 0 Å². The molecule has 53 heavy (non-hydrogen) atoms. The van der Waals surface area contributed by atoms with Gasteiger partial charge in [0.15, 0.2) is 16.6 Å². The molecule has 0 heterocycles. The minimum Gasteiger partial charge on any atom is -0.410 e. The van der Waals surface area contributed by atoms with Crippen LogP contribution in [0.1, 0.15) is 89.1 Å². The van der Waals surface area contributed by atoms with Gasteiger partial charge in [0.2, 0.25) is 0 Å². The summed E-state index contributed by atoms with van der Waals surface area (Å²) in [6.07, 6.45) is 0.982. The van der Waals surface area contributed by atoms with E-state index in [1.165, 1.54) is 11.1 Å². The van der Waals surface area contributed by atoms with Crippen LogP contribution in [0.25, 0.3) is 22.3 Å². The predicted octanol–water partition coefficient (Wildman–Crippen LogP) is 14.5. The van der Waals surface area contributed by atoms with E-state index in [1.807, 2.05) is 24.3 Å². The summed E-state index contributed by atoms with van der Waals surface area (Å²) in [5.41, 5.74) is 10.7. The average molecular weight is 742 g/mol. The fourth-order valence-electron chi connectivity index (χ4n) is 6.02. The predicted molar refractivity (Wildman–Crippen MR) is 231 cm³/mol. The molecule has 2 atom stereocenters.